The number of rotatable bonds is 4. The second kappa shape index (κ2) is 5.33. The molecule has 0 unspecified atom stereocenters. The molecule has 0 amide bonds. The van der Waals surface area contributed by atoms with Crippen molar-refractivity contribution < 1.29 is 19.4 Å². The SMILES string of the molecule is C[C@@H]1CC[C@@]2(C)[C@H](CC[C@H]3O[C@]32C)[C@@]1(CO)C[C@@H](O)c1ccoc1. The van der Waals surface area contributed by atoms with E-state index in [1.807, 2.05) is 6.07 Å². The molecule has 3 aliphatic rings. The smallest absolute Gasteiger partial charge is 0.0976 e. The van der Waals surface area contributed by atoms with Crippen LogP contribution in [-0.4, -0.2) is 28.5 Å². The van der Waals surface area contributed by atoms with Crippen molar-refractivity contribution in [3.05, 3.63) is 24.2 Å². The van der Waals surface area contributed by atoms with Crippen LogP contribution in [0.1, 0.15) is 64.5 Å². The number of epoxide rings is 1. The summed E-state index contributed by atoms with van der Waals surface area (Å²) in [6.07, 6.45) is 7.99. The maximum atomic E-state index is 10.8. The summed E-state index contributed by atoms with van der Waals surface area (Å²) >= 11 is 0. The van der Waals surface area contributed by atoms with Crippen molar-refractivity contribution in [3.63, 3.8) is 0 Å². The van der Waals surface area contributed by atoms with E-state index in [-0.39, 0.29) is 23.0 Å². The minimum atomic E-state index is -0.591. The molecule has 4 rings (SSSR count). The van der Waals surface area contributed by atoms with Gasteiger partial charge in [0.15, 0.2) is 0 Å². The van der Waals surface area contributed by atoms with Gasteiger partial charge in [-0.15, -0.1) is 0 Å². The van der Waals surface area contributed by atoms with Gasteiger partial charge in [-0.25, -0.2) is 0 Å². The highest BCUT2D eigenvalue weighted by molar-refractivity contribution is 5.21. The molecule has 24 heavy (non-hydrogen) atoms. The van der Waals surface area contributed by atoms with Crippen LogP contribution in [0.2, 0.25) is 0 Å². The lowest BCUT2D eigenvalue weighted by molar-refractivity contribution is -0.146. The van der Waals surface area contributed by atoms with Crippen LogP contribution in [0.25, 0.3) is 0 Å². The molecule has 2 saturated carbocycles. The van der Waals surface area contributed by atoms with E-state index in [4.69, 9.17) is 9.15 Å². The summed E-state index contributed by atoms with van der Waals surface area (Å²) in [6, 6.07) is 1.82. The topological polar surface area (TPSA) is 66.1 Å². The number of aliphatic hydroxyl groups is 2. The molecule has 1 saturated heterocycles. The summed E-state index contributed by atoms with van der Waals surface area (Å²) in [4.78, 5) is 0. The van der Waals surface area contributed by atoms with Gasteiger partial charge in [0.2, 0.25) is 0 Å². The van der Waals surface area contributed by atoms with Crippen LogP contribution in [0.5, 0.6) is 0 Å². The monoisotopic (exact) mass is 334 g/mol. The largest absolute Gasteiger partial charge is 0.472 e. The first-order chi connectivity index (χ1) is 11.4. The minimum absolute atomic E-state index is 0.0446. The molecule has 3 fully saturated rings. The number of hydrogen-bond donors (Lipinski definition) is 2. The quantitative estimate of drug-likeness (QED) is 0.824. The highest BCUT2D eigenvalue weighted by Crippen LogP contribution is 2.70. The van der Waals surface area contributed by atoms with E-state index in [1.54, 1.807) is 12.5 Å². The van der Waals surface area contributed by atoms with Crippen LogP contribution < -0.4 is 0 Å². The Balaban J connectivity index is 1.69. The molecular formula is C20H30O4. The van der Waals surface area contributed by atoms with Crippen LogP contribution in [0.4, 0.5) is 0 Å². The fourth-order valence-corrected chi connectivity index (χ4v) is 6.19. The lowest BCUT2D eigenvalue weighted by Gasteiger charge is -2.60. The Morgan fingerprint density at radius 3 is 2.75 bits per heavy atom. The predicted octanol–water partition coefficient (Wildman–Crippen LogP) is 3.69. The molecule has 0 aromatic carbocycles. The molecule has 0 bridgehead atoms. The van der Waals surface area contributed by atoms with E-state index in [1.165, 1.54) is 0 Å². The van der Waals surface area contributed by atoms with E-state index in [0.717, 1.165) is 31.2 Å². The number of hydrogen-bond acceptors (Lipinski definition) is 4. The van der Waals surface area contributed by atoms with Crippen LogP contribution >= 0.6 is 0 Å². The Kier molecular flexibility index (Phi) is 3.69. The van der Waals surface area contributed by atoms with Crippen LogP contribution in [0, 0.1) is 22.7 Å². The molecule has 0 radical (unpaired) electrons. The zero-order valence-corrected chi connectivity index (χ0v) is 15.0. The third kappa shape index (κ3) is 2.03. The zero-order chi connectivity index (χ0) is 17.2. The van der Waals surface area contributed by atoms with E-state index >= 15 is 0 Å². The first-order valence-electron chi connectivity index (χ1n) is 9.36. The average Bonchev–Trinajstić information content (AvgIpc) is 3.00. The average molecular weight is 334 g/mol. The fourth-order valence-electron chi connectivity index (χ4n) is 6.19. The Morgan fingerprint density at radius 1 is 1.29 bits per heavy atom. The van der Waals surface area contributed by atoms with Gasteiger partial charge in [0.05, 0.1) is 30.3 Å². The van der Waals surface area contributed by atoms with Crippen LogP contribution in [0.15, 0.2) is 23.0 Å². The highest BCUT2D eigenvalue weighted by Gasteiger charge is 2.72. The first-order valence-corrected chi connectivity index (χ1v) is 9.36. The highest BCUT2D eigenvalue weighted by atomic mass is 16.6. The summed E-state index contributed by atoms with van der Waals surface area (Å²) in [5, 5.41) is 21.3. The van der Waals surface area contributed by atoms with Crippen molar-refractivity contribution >= 4 is 0 Å². The normalized spacial score (nSPS) is 48.5. The van der Waals surface area contributed by atoms with E-state index in [0.29, 0.717) is 24.4 Å². The van der Waals surface area contributed by atoms with Gasteiger partial charge >= 0.3 is 0 Å². The molecule has 7 atom stereocenters. The van der Waals surface area contributed by atoms with E-state index in [9.17, 15) is 10.2 Å². The molecule has 2 aliphatic carbocycles. The van der Waals surface area contributed by atoms with Crippen molar-refractivity contribution in [3.8, 4) is 0 Å². The van der Waals surface area contributed by atoms with Gasteiger partial charge in [0.1, 0.15) is 0 Å². The third-order valence-corrected chi connectivity index (χ3v) is 8.13. The summed E-state index contributed by atoms with van der Waals surface area (Å²) in [6.45, 7) is 7.00. The Labute approximate surface area is 144 Å². The van der Waals surface area contributed by atoms with Gasteiger partial charge in [-0.2, -0.15) is 0 Å². The Hall–Kier alpha value is -0.840. The first kappa shape index (κ1) is 16.6. The molecule has 1 aliphatic heterocycles. The van der Waals surface area contributed by atoms with E-state index < -0.39 is 6.10 Å². The second-order valence-corrected chi connectivity index (χ2v) is 8.87. The van der Waals surface area contributed by atoms with Gasteiger partial charge in [0, 0.05) is 23.0 Å². The van der Waals surface area contributed by atoms with Crippen LogP contribution in [0.3, 0.4) is 0 Å². The summed E-state index contributed by atoms with van der Waals surface area (Å²) in [5.41, 5.74) is 0.590. The number of fused-ring (bicyclic) bond motifs is 3. The molecule has 2 heterocycles. The van der Waals surface area contributed by atoms with Gasteiger partial charge < -0.3 is 19.4 Å². The zero-order valence-electron chi connectivity index (χ0n) is 15.0. The number of furan rings is 1. The Bertz CT molecular complexity index is 599. The molecule has 0 spiro atoms. The molecule has 1 aromatic rings. The number of aliphatic hydroxyl groups excluding tert-OH is 2. The lowest BCUT2D eigenvalue weighted by Crippen LogP contribution is -2.58. The van der Waals surface area contributed by atoms with Gasteiger partial charge in [-0.05, 0) is 56.9 Å². The molecule has 2 N–H and O–H groups in total. The molecule has 134 valence electrons. The molecular weight excluding hydrogens is 304 g/mol. The minimum Gasteiger partial charge on any atom is -0.472 e. The fraction of sp³-hybridized carbons (Fsp3) is 0.800. The van der Waals surface area contributed by atoms with Gasteiger partial charge in [-0.3, -0.25) is 0 Å². The summed E-state index contributed by atoms with van der Waals surface area (Å²) in [7, 11) is 0. The molecule has 1 aromatic heterocycles. The van der Waals surface area contributed by atoms with Crippen molar-refractivity contribution in [2.45, 2.75) is 70.7 Å². The predicted molar refractivity (Wildman–Crippen MR) is 90.3 cm³/mol. The summed E-state index contributed by atoms with van der Waals surface area (Å²) in [5.74, 6) is 0.769. The van der Waals surface area contributed by atoms with Crippen molar-refractivity contribution in [1.82, 2.24) is 0 Å². The van der Waals surface area contributed by atoms with E-state index in [2.05, 4.69) is 20.8 Å². The second-order valence-electron chi connectivity index (χ2n) is 8.87. The maximum absolute atomic E-state index is 10.8. The van der Waals surface area contributed by atoms with Gasteiger partial charge in [-0.1, -0.05) is 13.8 Å². The van der Waals surface area contributed by atoms with Crippen LogP contribution in [-0.2, 0) is 4.74 Å². The number of ether oxygens (including phenoxy) is 1. The lowest BCUT2D eigenvalue weighted by atomic mass is 9.44. The molecule has 4 heteroatoms. The summed E-state index contributed by atoms with van der Waals surface area (Å²) < 4.78 is 11.3. The van der Waals surface area contributed by atoms with Gasteiger partial charge in [0.25, 0.3) is 0 Å². The molecule has 4 nitrogen and oxygen atoms in total. The maximum Gasteiger partial charge on any atom is 0.0976 e. The standard InChI is InChI=1S/C20H30O4/c1-13-6-8-18(2)16(4-5-17-19(18,3)24-17)20(13,12-21)10-15(22)14-7-9-23-11-14/h7,9,11,13,15-17,21-22H,4-6,8,10,12H2,1-3H3/t13-,15-,16+,17-,18+,19-,20-/m1/s1. The van der Waals surface area contributed by atoms with Crippen molar-refractivity contribution in [1.29, 1.82) is 0 Å². The third-order valence-electron chi connectivity index (χ3n) is 8.13. The van der Waals surface area contributed by atoms with Crippen molar-refractivity contribution in [2.75, 3.05) is 6.61 Å². The van der Waals surface area contributed by atoms with Crippen molar-refractivity contribution in [2.24, 2.45) is 22.7 Å². The Morgan fingerprint density at radius 2 is 2.08 bits per heavy atom.